The van der Waals surface area contributed by atoms with Crippen molar-refractivity contribution in [1.82, 2.24) is 15.2 Å². The monoisotopic (exact) mass is 624 g/mol. The summed E-state index contributed by atoms with van der Waals surface area (Å²) in [6.45, 7) is 4.05. The van der Waals surface area contributed by atoms with E-state index in [0.717, 1.165) is 43.3 Å². The molecule has 1 aromatic heterocycles. The Morgan fingerprint density at radius 3 is 2.30 bits per heavy atom. The number of piperazine rings is 1. The molecule has 2 atom stereocenters. The van der Waals surface area contributed by atoms with Crippen LogP contribution < -0.4 is 19.9 Å². The van der Waals surface area contributed by atoms with Gasteiger partial charge in [-0.2, -0.15) is 5.10 Å². The molecule has 11 nitrogen and oxygen atoms in total. The largest absolute Gasteiger partial charge is 0.491 e. The summed E-state index contributed by atoms with van der Waals surface area (Å²) in [5.74, 6) is 0.187. The van der Waals surface area contributed by atoms with E-state index in [0.29, 0.717) is 46.8 Å². The summed E-state index contributed by atoms with van der Waals surface area (Å²) >= 11 is 12.7. The van der Waals surface area contributed by atoms with E-state index in [1.165, 1.54) is 6.33 Å². The van der Waals surface area contributed by atoms with Crippen LogP contribution in [0.25, 0.3) is 0 Å². The molecular formula is C30H30Cl2N6O5. The molecule has 0 bridgehead atoms. The van der Waals surface area contributed by atoms with Gasteiger partial charge in [0, 0.05) is 53.8 Å². The number of rotatable bonds is 9. The van der Waals surface area contributed by atoms with Gasteiger partial charge in [-0.1, -0.05) is 29.3 Å². The van der Waals surface area contributed by atoms with Crippen LogP contribution in [0, 0.1) is 0 Å². The highest BCUT2D eigenvalue weighted by atomic mass is 35.5. The van der Waals surface area contributed by atoms with E-state index in [2.05, 4.69) is 42.4 Å². The predicted molar refractivity (Wildman–Crippen MR) is 164 cm³/mol. The van der Waals surface area contributed by atoms with E-state index < -0.39 is 11.9 Å². The predicted octanol–water partition coefficient (Wildman–Crippen LogP) is 5.42. The Bertz CT molecular complexity index is 1530. The number of amides is 1. The number of nitrogens with zero attached hydrogens (tertiary/aromatic N) is 4. The van der Waals surface area contributed by atoms with Crippen LogP contribution in [0.4, 0.5) is 21.9 Å². The second-order valence-corrected chi connectivity index (χ2v) is 11.1. The first kappa shape index (κ1) is 29.1. The first-order chi connectivity index (χ1) is 20.9. The van der Waals surface area contributed by atoms with Gasteiger partial charge in [-0.15, -0.1) is 0 Å². The third-order valence-corrected chi connectivity index (χ3v) is 8.01. The van der Waals surface area contributed by atoms with Crippen molar-refractivity contribution in [2.75, 3.05) is 54.5 Å². The molecule has 0 aliphatic carbocycles. The van der Waals surface area contributed by atoms with Crippen LogP contribution in [0.3, 0.4) is 0 Å². The highest BCUT2D eigenvalue weighted by Gasteiger charge is 2.45. The van der Waals surface area contributed by atoms with Crippen LogP contribution in [0.5, 0.6) is 5.75 Å². The van der Waals surface area contributed by atoms with Gasteiger partial charge in [-0.05, 0) is 60.7 Å². The Morgan fingerprint density at radius 2 is 1.70 bits per heavy atom. The first-order valence-electron chi connectivity index (χ1n) is 13.8. The number of anilines is 3. The van der Waals surface area contributed by atoms with Crippen LogP contribution in [-0.4, -0.2) is 71.9 Å². The summed E-state index contributed by atoms with van der Waals surface area (Å²) in [7, 11) is 0. The maximum absolute atomic E-state index is 10.8. The number of halogens is 2. The van der Waals surface area contributed by atoms with Crippen molar-refractivity contribution in [1.29, 1.82) is 0 Å². The SMILES string of the molecule is O=C(O)Nc1ccc(N2CCN(c3ccc(OCC4COC(Cc5ncn[nH]5)(c5ccc(Cl)cc5Cl)O4)cc3)CC2)cc1. The van der Waals surface area contributed by atoms with Crippen molar-refractivity contribution in [3.8, 4) is 5.75 Å². The zero-order chi connectivity index (χ0) is 29.8. The molecule has 2 unspecified atom stereocenters. The minimum Gasteiger partial charge on any atom is -0.491 e. The minimum absolute atomic E-state index is 0.292. The molecule has 13 heteroatoms. The molecule has 0 saturated carbocycles. The molecule has 1 amide bonds. The Kier molecular flexibility index (Phi) is 8.57. The molecule has 0 radical (unpaired) electrons. The zero-order valence-corrected chi connectivity index (χ0v) is 24.6. The van der Waals surface area contributed by atoms with E-state index in [4.69, 9.17) is 42.5 Å². The van der Waals surface area contributed by atoms with Crippen molar-refractivity contribution in [3.63, 3.8) is 0 Å². The quantitative estimate of drug-likeness (QED) is 0.224. The van der Waals surface area contributed by atoms with Crippen molar-refractivity contribution in [2.24, 2.45) is 0 Å². The molecule has 224 valence electrons. The number of carbonyl (C=O) groups is 1. The van der Waals surface area contributed by atoms with Gasteiger partial charge in [0.25, 0.3) is 0 Å². The third kappa shape index (κ3) is 6.80. The van der Waals surface area contributed by atoms with Crippen LogP contribution in [0.15, 0.2) is 73.1 Å². The molecule has 2 aliphatic rings. The molecule has 2 aliphatic heterocycles. The summed E-state index contributed by atoms with van der Waals surface area (Å²) in [4.78, 5) is 19.7. The van der Waals surface area contributed by atoms with Gasteiger partial charge in [0.1, 0.15) is 30.6 Å². The number of hydrogen-bond acceptors (Lipinski definition) is 8. The summed E-state index contributed by atoms with van der Waals surface area (Å²) in [5, 5.41) is 19.0. The van der Waals surface area contributed by atoms with Crippen LogP contribution in [0.2, 0.25) is 10.0 Å². The van der Waals surface area contributed by atoms with E-state index in [-0.39, 0.29) is 6.10 Å². The average molecular weight is 626 g/mol. The maximum Gasteiger partial charge on any atom is 0.409 e. The Balaban J connectivity index is 1.03. The fraction of sp³-hybridized carbons (Fsp3) is 0.300. The lowest BCUT2D eigenvalue weighted by atomic mass is 10.0. The number of ether oxygens (including phenoxy) is 3. The molecule has 2 fully saturated rings. The van der Waals surface area contributed by atoms with Crippen LogP contribution in [0.1, 0.15) is 11.4 Å². The summed E-state index contributed by atoms with van der Waals surface area (Å²) in [6.07, 6.45) is 0.323. The molecule has 0 spiro atoms. The maximum atomic E-state index is 10.8. The molecular weight excluding hydrogens is 595 g/mol. The van der Waals surface area contributed by atoms with Gasteiger partial charge in [0.2, 0.25) is 5.79 Å². The topological polar surface area (TPSA) is 125 Å². The summed E-state index contributed by atoms with van der Waals surface area (Å²) < 4.78 is 18.8. The minimum atomic E-state index is -1.15. The van der Waals surface area contributed by atoms with Gasteiger partial charge < -0.3 is 29.1 Å². The number of hydrogen-bond donors (Lipinski definition) is 3. The Labute approximate surface area is 258 Å². The van der Waals surface area contributed by atoms with E-state index in [1.807, 2.05) is 24.3 Å². The lowest BCUT2D eigenvalue weighted by molar-refractivity contribution is -0.179. The van der Waals surface area contributed by atoms with Gasteiger partial charge in [-0.25, -0.2) is 9.78 Å². The number of carboxylic acid groups (broad SMARTS) is 1. The van der Waals surface area contributed by atoms with E-state index in [1.54, 1.807) is 30.3 Å². The summed E-state index contributed by atoms with van der Waals surface area (Å²) in [6, 6.07) is 20.7. The molecule has 3 heterocycles. The number of benzene rings is 3. The van der Waals surface area contributed by atoms with Gasteiger partial charge in [0.15, 0.2) is 0 Å². The van der Waals surface area contributed by atoms with Crippen molar-refractivity contribution in [3.05, 3.63) is 94.5 Å². The molecule has 2 saturated heterocycles. The van der Waals surface area contributed by atoms with E-state index >= 15 is 0 Å². The fourth-order valence-corrected chi connectivity index (χ4v) is 5.91. The molecule has 43 heavy (non-hydrogen) atoms. The second kappa shape index (κ2) is 12.7. The standard InChI is InChI=1S/C30H30Cl2N6O5/c31-20-1-10-26(27(32)15-20)30(16-28-33-19-34-36-28)42-18-25(43-30)17-41-24-8-6-23(7-9-24)38-13-11-37(12-14-38)22-4-2-21(3-5-22)35-29(39)40/h1-10,15,19,25,35H,11-14,16-18H2,(H,39,40)(H,33,34,36). The highest BCUT2D eigenvalue weighted by molar-refractivity contribution is 6.35. The molecule has 3 N–H and O–H groups in total. The first-order valence-corrected chi connectivity index (χ1v) is 14.6. The molecule has 4 aromatic rings. The molecule has 3 aromatic carbocycles. The smallest absolute Gasteiger partial charge is 0.409 e. The molecule has 6 rings (SSSR count). The summed E-state index contributed by atoms with van der Waals surface area (Å²) in [5.41, 5.74) is 3.41. The third-order valence-electron chi connectivity index (χ3n) is 7.47. The van der Waals surface area contributed by atoms with Crippen molar-refractivity contribution >= 4 is 46.4 Å². The Hall–Kier alpha value is -4.03. The Morgan fingerprint density at radius 1 is 1.02 bits per heavy atom. The van der Waals surface area contributed by atoms with Crippen molar-refractivity contribution < 1.29 is 24.1 Å². The highest BCUT2D eigenvalue weighted by Crippen LogP contribution is 2.41. The zero-order valence-electron chi connectivity index (χ0n) is 23.1. The van der Waals surface area contributed by atoms with Gasteiger partial charge in [-0.3, -0.25) is 10.4 Å². The second-order valence-electron chi connectivity index (χ2n) is 10.3. The number of H-pyrrole nitrogens is 1. The normalized spacial score (nSPS) is 20.3. The lowest BCUT2D eigenvalue weighted by Gasteiger charge is -2.37. The number of nitrogens with one attached hydrogen (secondary N) is 2. The van der Waals surface area contributed by atoms with Crippen molar-refractivity contribution in [2.45, 2.75) is 18.3 Å². The van der Waals surface area contributed by atoms with Crippen LogP contribution in [-0.2, 0) is 21.7 Å². The van der Waals surface area contributed by atoms with Gasteiger partial charge >= 0.3 is 6.09 Å². The van der Waals surface area contributed by atoms with E-state index in [9.17, 15) is 4.79 Å². The average Bonchev–Trinajstić information content (AvgIpc) is 3.67. The lowest BCUT2D eigenvalue weighted by Crippen LogP contribution is -2.46. The van der Waals surface area contributed by atoms with Crippen LogP contribution >= 0.6 is 23.2 Å². The fourth-order valence-electron chi connectivity index (χ4n) is 5.36. The number of aromatic amines is 1. The number of aromatic nitrogens is 3. The van der Waals surface area contributed by atoms with Gasteiger partial charge in [0.05, 0.1) is 18.1 Å².